The van der Waals surface area contributed by atoms with Crippen molar-refractivity contribution in [2.75, 3.05) is 6.54 Å². The Morgan fingerprint density at radius 3 is 2.50 bits per heavy atom. The van der Waals surface area contributed by atoms with E-state index in [-0.39, 0.29) is 25.5 Å². The Labute approximate surface area is 165 Å². The third-order valence-corrected chi connectivity index (χ3v) is 4.82. The maximum absolute atomic E-state index is 12.5. The van der Waals surface area contributed by atoms with E-state index in [0.29, 0.717) is 12.3 Å². The highest BCUT2D eigenvalue weighted by atomic mass is 16.5. The molecule has 1 atom stereocenters. The number of nitrogens with one attached hydrogen (secondary N) is 3. The van der Waals surface area contributed by atoms with Gasteiger partial charge in [0.15, 0.2) is 0 Å². The van der Waals surface area contributed by atoms with Gasteiger partial charge in [0.1, 0.15) is 12.6 Å². The largest absolute Gasteiger partial charge is 0.445 e. The van der Waals surface area contributed by atoms with Crippen LogP contribution < -0.4 is 21.9 Å². The molecule has 8 heteroatoms. The zero-order chi connectivity index (χ0) is 20.2. The summed E-state index contributed by atoms with van der Waals surface area (Å²) in [5.41, 5.74) is 11.2. The lowest BCUT2D eigenvalue weighted by Gasteiger charge is -2.26. The van der Waals surface area contributed by atoms with Gasteiger partial charge in [-0.3, -0.25) is 15.0 Å². The van der Waals surface area contributed by atoms with Crippen molar-refractivity contribution in [2.45, 2.75) is 57.6 Å². The first-order valence-electron chi connectivity index (χ1n) is 9.83. The fourth-order valence-electron chi connectivity index (χ4n) is 3.32. The maximum Gasteiger partial charge on any atom is 0.408 e. The van der Waals surface area contributed by atoms with Gasteiger partial charge in [-0.25, -0.2) is 10.2 Å². The number of amides is 3. The number of benzene rings is 1. The number of primary amides is 1. The summed E-state index contributed by atoms with van der Waals surface area (Å²) in [6, 6.07) is 8.65. The van der Waals surface area contributed by atoms with Crippen LogP contribution in [0.4, 0.5) is 4.79 Å². The van der Waals surface area contributed by atoms with Crippen molar-refractivity contribution in [3.8, 4) is 0 Å². The van der Waals surface area contributed by atoms with Crippen LogP contribution in [0.5, 0.6) is 0 Å². The van der Waals surface area contributed by atoms with E-state index in [1.54, 1.807) is 0 Å². The molecular formula is C20H30N4O4. The number of hydrogen-bond acceptors (Lipinski definition) is 5. The Hall–Kier alpha value is -2.61. The van der Waals surface area contributed by atoms with Crippen molar-refractivity contribution in [1.29, 1.82) is 0 Å². The van der Waals surface area contributed by atoms with E-state index in [1.165, 1.54) is 6.42 Å². The van der Waals surface area contributed by atoms with Gasteiger partial charge >= 0.3 is 6.09 Å². The molecular weight excluding hydrogens is 360 g/mol. The van der Waals surface area contributed by atoms with Gasteiger partial charge in [0.2, 0.25) is 5.91 Å². The fourth-order valence-corrected chi connectivity index (χ4v) is 3.32. The SMILES string of the molecule is NC(=O)CCNNC(=O)C(CC1CCCCC1)NC(=O)OCc1ccccc1. The van der Waals surface area contributed by atoms with Crippen molar-refractivity contribution in [3.63, 3.8) is 0 Å². The fraction of sp³-hybridized carbons (Fsp3) is 0.550. The van der Waals surface area contributed by atoms with E-state index in [4.69, 9.17) is 10.5 Å². The second-order valence-electron chi connectivity index (χ2n) is 7.13. The van der Waals surface area contributed by atoms with Crippen LogP contribution in [-0.2, 0) is 20.9 Å². The van der Waals surface area contributed by atoms with Crippen LogP contribution in [-0.4, -0.2) is 30.5 Å². The van der Waals surface area contributed by atoms with E-state index >= 15 is 0 Å². The summed E-state index contributed by atoms with van der Waals surface area (Å²) >= 11 is 0. The standard InChI is InChI=1S/C20H30N4O4/c21-18(25)11-12-22-24-19(26)17(13-15-7-3-1-4-8-15)23-20(27)28-14-16-9-5-2-6-10-16/h2,5-6,9-10,15,17,22H,1,3-4,7-8,11-14H2,(H2,21,25)(H,23,27)(H,24,26). The molecule has 154 valence electrons. The number of rotatable bonds is 10. The number of carbonyl (C=O) groups is 3. The molecule has 0 bridgehead atoms. The summed E-state index contributed by atoms with van der Waals surface area (Å²) in [5, 5.41) is 2.68. The third kappa shape index (κ3) is 8.39. The van der Waals surface area contributed by atoms with Gasteiger partial charge in [-0.15, -0.1) is 0 Å². The van der Waals surface area contributed by atoms with Crippen LogP contribution in [0.2, 0.25) is 0 Å². The second kappa shape index (κ2) is 12.0. The summed E-state index contributed by atoms with van der Waals surface area (Å²) in [6.45, 7) is 0.372. The van der Waals surface area contributed by atoms with E-state index in [9.17, 15) is 14.4 Å². The lowest BCUT2D eigenvalue weighted by atomic mass is 9.84. The Kier molecular flexibility index (Phi) is 9.27. The van der Waals surface area contributed by atoms with Crippen molar-refractivity contribution in [2.24, 2.45) is 11.7 Å². The molecule has 0 radical (unpaired) electrons. The molecule has 0 aliphatic heterocycles. The first kappa shape index (κ1) is 21.7. The Morgan fingerprint density at radius 2 is 1.82 bits per heavy atom. The van der Waals surface area contributed by atoms with Crippen molar-refractivity contribution in [3.05, 3.63) is 35.9 Å². The molecule has 0 heterocycles. The molecule has 1 aromatic rings. The summed E-state index contributed by atoms with van der Waals surface area (Å²) in [4.78, 5) is 35.5. The van der Waals surface area contributed by atoms with Crippen LogP contribution in [0.15, 0.2) is 30.3 Å². The lowest BCUT2D eigenvalue weighted by Crippen LogP contribution is -2.52. The van der Waals surface area contributed by atoms with E-state index < -0.39 is 18.0 Å². The number of nitrogens with two attached hydrogens (primary N) is 1. The number of hydrazine groups is 1. The van der Waals surface area contributed by atoms with E-state index in [1.807, 2.05) is 30.3 Å². The van der Waals surface area contributed by atoms with Crippen LogP contribution >= 0.6 is 0 Å². The minimum absolute atomic E-state index is 0.111. The lowest BCUT2D eigenvalue weighted by molar-refractivity contribution is -0.125. The average Bonchev–Trinajstić information content (AvgIpc) is 2.70. The Bertz CT molecular complexity index is 632. The molecule has 1 fully saturated rings. The van der Waals surface area contributed by atoms with Gasteiger partial charge in [0.25, 0.3) is 5.91 Å². The van der Waals surface area contributed by atoms with Crippen LogP contribution in [0.1, 0.15) is 50.5 Å². The zero-order valence-corrected chi connectivity index (χ0v) is 16.1. The average molecular weight is 390 g/mol. The first-order chi connectivity index (χ1) is 13.5. The topological polar surface area (TPSA) is 123 Å². The predicted octanol–water partition coefficient (Wildman–Crippen LogP) is 1.75. The summed E-state index contributed by atoms with van der Waals surface area (Å²) in [7, 11) is 0. The Morgan fingerprint density at radius 1 is 1.11 bits per heavy atom. The van der Waals surface area contributed by atoms with Crippen LogP contribution in [0, 0.1) is 5.92 Å². The number of ether oxygens (including phenoxy) is 1. The molecule has 3 amide bonds. The third-order valence-electron chi connectivity index (χ3n) is 4.82. The number of hydrogen-bond donors (Lipinski definition) is 4. The molecule has 1 aromatic carbocycles. The van der Waals surface area contributed by atoms with Gasteiger partial charge in [-0.1, -0.05) is 62.4 Å². The predicted molar refractivity (Wildman–Crippen MR) is 105 cm³/mol. The second-order valence-corrected chi connectivity index (χ2v) is 7.13. The highest BCUT2D eigenvalue weighted by Crippen LogP contribution is 2.27. The van der Waals surface area contributed by atoms with Crippen LogP contribution in [0.3, 0.4) is 0 Å². The molecule has 1 aliphatic carbocycles. The Balaban J connectivity index is 1.85. The summed E-state index contributed by atoms with van der Waals surface area (Å²) in [5.74, 6) is -0.417. The monoisotopic (exact) mass is 390 g/mol. The van der Waals surface area contributed by atoms with E-state index in [0.717, 1.165) is 31.2 Å². The molecule has 8 nitrogen and oxygen atoms in total. The van der Waals surface area contributed by atoms with Gasteiger partial charge in [-0.2, -0.15) is 0 Å². The van der Waals surface area contributed by atoms with Gasteiger partial charge in [-0.05, 0) is 17.9 Å². The molecule has 0 saturated heterocycles. The van der Waals surface area contributed by atoms with E-state index in [2.05, 4.69) is 16.2 Å². The summed E-state index contributed by atoms with van der Waals surface area (Å²) < 4.78 is 5.24. The quantitative estimate of drug-likeness (QED) is 0.358. The molecule has 5 N–H and O–H groups in total. The summed E-state index contributed by atoms with van der Waals surface area (Å²) in [6.07, 6.45) is 5.66. The highest BCUT2D eigenvalue weighted by molar-refractivity contribution is 5.85. The first-order valence-corrected chi connectivity index (χ1v) is 9.83. The van der Waals surface area contributed by atoms with Crippen molar-refractivity contribution in [1.82, 2.24) is 16.2 Å². The van der Waals surface area contributed by atoms with Gasteiger partial charge in [0, 0.05) is 13.0 Å². The number of carbonyl (C=O) groups excluding carboxylic acids is 3. The number of alkyl carbamates (subject to hydrolysis) is 1. The minimum Gasteiger partial charge on any atom is -0.445 e. The van der Waals surface area contributed by atoms with Gasteiger partial charge < -0.3 is 15.8 Å². The molecule has 0 spiro atoms. The molecule has 1 saturated carbocycles. The van der Waals surface area contributed by atoms with Gasteiger partial charge in [0.05, 0.1) is 0 Å². The molecule has 1 aliphatic rings. The molecule has 28 heavy (non-hydrogen) atoms. The maximum atomic E-state index is 12.5. The minimum atomic E-state index is -0.701. The van der Waals surface area contributed by atoms with Crippen molar-refractivity contribution < 1.29 is 19.1 Å². The molecule has 1 unspecified atom stereocenters. The highest BCUT2D eigenvalue weighted by Gasteiger charge is 2.26. The van der Waals surface area contributed by atoms with Crippen molar-refractivity contribution >= 4 is 17.9 Å². The molecule has 2 rings (SSSR count). The zero-order valence-electron chi connectivity index (χ0n) is 16.1. The normalized spacial score (nSPS) is 15.4. The smallest absolute Gasteiger partial charge is 0.408 e. The molecule has 0 aromatic heterocycles. The van der Waals surface area contributed by atoms with Crippen LogP contribution in [0.25, 0.3) is 0 Å².